The van der Waals surface area contributed by atoms with Crippen LogP contribution in [0.4, 0.5) is 11.4 Å². The normalized spacial score (nSPS) is 20.4. The van der Waals surface area contributed by atoms with Crippen molar-refractivity contribution in [3.63, 3.8) is 0 Å². The van der Waals surface area contributed by atoms with E-state index < -0.39 is 0 Å². The maximum atomic E-state index is 11.0. The molecule has 1 atom stereocenters. The highest BCUT2D eigenvalue weighted by molar-refractivity contribution is 5.64. The van der Waals surface area contributed by atoms with Crippen LogP contribution < -0.4 is 4.90 Å². The molecular formula is C12H16N2O3. The predicted octanol–water partition coefficient (Wildman–Crippen LogP) is 1.86. The highest BCUT2D eigenvalue weighted by Crippen LogP contribution is 2.31. The molecule has 0 bridgehead atoms. The average Bonchev–Trinajstić information content (AvgIpc) is 2.28. The van der Waals surface area contributed by atoms with Gasteiger partial charge in [-0.1, -0.05) is 6.07 Å². The van der Waals surface area contributed by atoms with Crippen molar-refractivity contribution >= 4 is 11.4 Å². The van der Waals surface area contributed by atoms with E-state index in [1.807, 2.05) is 17.9 Å². The highest BCUT2D eigenvalue weighted by Gasteiger charge is 2.24. The van der Waals surface area contributed by atoms with Gasteiger partial charge in [0.05, 0.1) is 11.0 Å². The van der Waals surface area contributed by atoms with Crippen LogP contribution in [0.5, 0.6) is 0 Å². The first-order chi connectivity index (χ1) is 8.08. The number of rotatable bonds is 2. The molecule has 1 N–H and O–H groups in total. The van der Waals surface area contributed by atoms with E-state index in [9.17, 15) is 15.2 Å². The minimum atomic E-state index is -0.385. The van der Waals surface area contributed by atoms with Gasteiger partial charge in [0, 0.05) is 19.2 Å². The summed E-state index contributed by atoms with van der Waals surface area (Å²) in [7, 11) is 0. The Morgan fingerprint density at radius 3 is 2.94 bits per heavy atom. The van der Waals surface area contributed by atoms with Crippen molar-refractivity contribution < 1.29 is 10.0 Å². The SMILES string of the molecule is Cc1ccc(N2CCCC(O)C2)c([N+](=O)[O-])c1. The van der Waals surface area contributed by atoms with Crippen LogP contribution in [0.3, 0.4) is 0 Å². The van der Waals surface area contributed by atoms with Crippen LogP contribution in [0.15, 0.2) is 18.2 Å². The summed E-state index contributed by atoms with van der Waals surface area (Å²) in [6.45, 7) is 3.08. The second kappa shape index (κ2) is 4.71. The Balaban J connectivity index is 2.33. The van der Waals surface area contributed by atoms with Crippen molar-refractivity contribution in [1.82, 2.24) is 0 Å². The van der Waals surface area contributed by atoms with Gasteiger partial charge in [-0.05, 0) is 31.4 Å². The van der Waals surface area contributed by atoms with E-state index in [-0.39, 0.29) is 16.7 Å². The number of anilines is 1. The van der Waals surface area contributed by atoms with Gasteiger partial charge in [0.2, 0.25) is 0 Å². The highest BCUT2D eigenvalue weighted by atomic mass is 16.6. The number of β-amino-alcohol motifs (C(OH)–C–C–N with tert-alkyl or cyclic N) is 1. The zero-order chi connectivity index (χ0) is 12.4. The molecule has 1 fully saturated rings. The largest absolute Gasteiger partial charge is 0.391 e. The quantitative estimate of drug-likeness (QED) is 0.628. The molecule has 92 valence electrons. The minimum absolute atomic E-state index is 0.124. The number of hydrogen-bond acceptors (Lipinski definition) is 4. The summed E-state index contributed by atoms with van der Waals surface area (Å²) in [5, 5.41) is 20.6. The molecule has 0 saturated carbocycles. The molecular weight excluding hydrogens is 220 g/mol. The van der Waals surface area contributed by atoms with Gasteiger partial charge in [0.1, 0.15) is 5.69 Å². The predicted molar refractivity (Wildman–Crippen MR) is 65.3 cm³/mol. The van der Waals surface area contributed by atoms with Crippen LogP contribution in [-0.2, 0) is 0 Å². The number of nitro groups is 1. The summed E-state index contributed by atoms with van der Waals surface area (Å²) < 4.78 is 0. The van der Waals surface area contributed by atoms with Gasteiger partial charge in [0.15, 0.2) is 0 Å². The molecule has 5 heteroatoms. The lowest BCUT2D eigenvalue weighted by atomic mass is 10.1. The van der Waals surface area contributed by atoms with Gasteiger partial charge in [-0.15, -0.1) is 0 Å². The molecule has 2 rings (SSSR count). The van der Waals surface area contributed by atoms with E-state index in [1.165, 1.54) is 0 Å². The number of piperidine rings is 1. The summed E-state index contributed by atoms with van der Waals surface area (Å²) in [5.74, 6) is 0. The Labute approximate surface area is 99.8 Å². The number of aliphatic hydroxyl groups excluding tert-OH is 1. The monoisotopic (exact) mass is 236 g/mol. The zero-order valence-electron chi connectivity index (χ0n) is 9.80. The van der Waals surface area contributed by atoms with Crippen LogP contribution in [-0.4, -0.2) is 29.2 Å². The maximum Gasteiger partial charge on any atom is 0.292 e. The van der Waals surface area contributed by atoms with Crippen LogP contribution in [0.1, 0.15) is 18.4 Å². The summed E-state index contributed by atoms with van der Waals surface area (Å²) in [4.78, 5) is 12.6. The molecule has 1 aliphatic heterocycles. The molecule has 0 aromatic heterocycles. The van der Waals surface area contributed by atoms with Crippen molar-refractivity contribution in [3.8, 4) is 0 Å². The van der Waals surface area contributed by atoms with Gasteiger partial charge < -0.3 is 10.0 Å². The molecule has 1 unspecified atom stereocenters. The smallest absolute Gasteiger partial charge is 0.292 e. The van der Waals surface area contributed by atoms with E-state index in [4.69, 9.17) is 0 Å². The second-order valence-corrected chi connectivity index (χ2v) is 4.49. The first-order valence-corrected chi connectivity index (χ1v) is 5.76. The maximum absolute atomic E-state index is 11.0. The van der Waals surface area contributed by atoms with Gasteiger partial charge in [-0.3, -0.25) is 10.1 Å². The first kappa shape index (κ1) is 11.9. The Hall–Kier alpha value is -1.62. The second-order valence-electron chi connectivity index (χ2n) is 4.49. The van der Waals surface area contributed by atoms with Crippen LogP contribution in [0.2, 0.25) is 0 Å². The van der Waals surface area contributed by atoms with Crippen molar-refractivity contribution in [3.05, 3.63) is 33.9 Å². The lowest BCUT2D eigenvalue weighted by Gasteiger charge is -2.31. The molecule has 0 radical (unpaired) electrons. The lowest BCUT2D eigenvalue weighted by Crippen LogP contribution is -2.38. The molecule has 0 aliphatic carbocycles. The number of hydrogen-bond donors (Lipinski definition) is 1. The fourth-order valence-electron chi connectivity index (χ4n) is 2.22. The van der Waals surface area contributed by atoms with E-state index >= 15 is 0 Å². The van der Waals surface area contributed by atoms with Crippen molar-refractivity contribution in [2.24, 2.45) is 0 Å². The van der Waals surface area contributed by atoms with E-state index in [1.54, 1.807) is 12.1 Å². The van der Waals surface area contributed by atoms with E-state index in [0.29, 0.717) is 12.2 Å². The third kappa shape index (κ3) is 2.55. The Morgan fingerprint density at radius 1 is 1.53 bits per heavy atom. The molecule has 1 aromatic rings. The Bertz CT molecular complexity index is 434. The third-order valence-corrected chi connectivity index (χ3v) is 3.06. The summed E-state index contributed by atoms with van der Waals surface area (Å²) in [5.41, 5.74) is 1.61. The fourth-order valence-corrected chi connectivity index (χ4v) is 2.22. The van der Waals surface area contributed by atoms with Gasteiger partial charge >= 0.3 is 0 Å². The van der Waals surface area contributed by atoms with E-state index in [0.717, 1.165) is 24.9 Å². The summed E-state index contributed by atoms with van der Waals surface area (Å²) in [6, 6.07) is 5.21. The lowest BCUT2D eigenvalue weighted by molar-refractivity contribution is -0.384. The van der Waals surface area contributed by atoms with Gasteiger partial charge in [-0.2, -0.15) is 0 Å². The average molecular weight is 236 g/mol. The number of nitro benzene ring substituents is 1. The van der Waals surface area contributed by atoms with Crippen LogP contribution in [0.25, 0.3) is 0 Å². The van der Waals surface area contributed by atoms with Crippen molar-refractivity contribution in [1.29, 1.82) is 0 Å². The topological polar surface area (TPSA) is 66.6 Å². The zero-order valence-corrected chi connectivity index (χ0v) is 9.80. The molecule has 17 heavy (non-hydrogen) atoms. The van der Waals surface area contributed by atoms with E-state index in [2.05, 4.69) is 0 Å². The molecule has 0 amide bonds. The number of benzene rings is 1. The first-order valence-electron chi connectivity index (χ1n) is 5.76. The standard InChI is InChI=1S/C12H16N2O3/c1-9-4-5-11(12(7-9)14(16)17)13-6-2-3-10(15)8-13/h4-5,7,10,15H,2-3,6,8H2,1H3. The van der Waals surface area contributed by atoms with Crippen LogP contribution in [0, 0.1) is 17.0 Å². The summed E-state index contributed by atoms with van der Waals surface area (Å²) >= 11 is 0. The number of nitrogens with zero attached hydrogens (tertiary/aromatic N) is 2. The fraction of sp³-hybridized carbons (Fsp3) is 0.500. The third-order valence-electron chi connectivity index (χ3n) is 3.06. The van der Waals surface area contributed by atoms with Crippen molar-refractivity contribution in [2.75, 3.05) is 18.0 Å². The Morgan fingerprint density at radius 2 is 2.29 bits per heavy atom. The van der Waals surface area contributed by atoms with Crippen LogP contribution >= 0.6 is 0 Å². The number of aliphatic hydroxyl groups is 1. The van der Waals surface area contributed by atoms with Gasteiger partial charge in [0.25, 0.3) is 5.69 Å². The summed E-state index contributed by atoms with van der Waals surface area (Å²) in [6.07, 6.45) is 1.26. The van der Waals surface area contributed by atoms with Crippen molar-refractivity contribution in [2.45, 2.75) is 25.9 Å². The molecule has 1 saturated heterocycles. The van der Waals surface area contributed by atoms with Gasteiger partial charge in [-0.25, -0.2) is 0 Å². The minimum Gasteiger partial charge on any atom is -0.391 e. The molecule has 1 heterocycles. The molecule has 0 spiro atoms. The molecule has 5 nitrogen and oxygen atoms in total. The molecule has 1 aliphatic rings. The number of aryl methyl sites for hydroxylation is 1. The molecule has 1 aromatic carbocycles. The Kier molecular flexibility index (Phi) is 3.28.